The molecule has 6 heteroatoms. The van der Waals surface area contributed by atoms with Crippen molar-refractivity contribution in [2.75, 3.05) is 0 Å². The zero-order valence-corrected chi connectivity index (χ0v) is 18.4. The number of fused-ring (bicyclic) bond motifs is 4. The van der Waals surface area contributed by atoms with Crippen LogP contribution in [0.1, 0.15) is 65.2 Å². The van der Waals surface area contributed by atoms with Gasteiger partial charge in [0.2, 0.25) is 6.29 Å². The lowest BCUT2D eigenvalue weighted by Gasteiger charge is -2.61. The molecular weight excluding hydrogens is 396 g/mol. The van der Waals surface area contributed by atoms with Crippen LogP contribution in [0.4, 0.5) is 0 Å². The van der Waals surface area contributed by atoms with Crippen LogP contribution >= 0.6 is 0 Å². The summed E-state index contributed by atoms with van der Waals surface area (Å²) >= 11 is 0. The average Bonchev–Trinajstić information content (AvgIpc) is 3.63. The maximum Gasteiger partial charge on any atom is 0.332 e. The predicted molar refractivity (Wildman–Crippen MR) is 108 cm³/mol. The standard InChI is InChI=1S/C25H32O6/c1-22-8-5-15(28-13-26)11-14(22)3-4-17-16(22)6-9-23(2)18(12-19-25(17,23)30-19)24-10-7-20(27)29-21(24)31-24/h7,10,13-19,21H,3-6,8-9,11-12H2,1-2H3/t14-,15?,16+,17-,18+,19-,21-,22+,23-,24+,25-/m1/s1. The quantitative estimate of drug-likeness (QED) is 0.389. The molecule has 31 heavy (non-hydrogen) atoms. The molecule has 3 aliphatic heterocycles. The third-order valence-electron chi connectivity index (χ3n) is 11.2. The van der Waals surface area contributed by atoms with Crippen molar-refractivity contribution in [2.45, 2.75) is 94.9 Å². The van der Waals surface area contributed by atoms with Gasteiger partial charge >= 0.3 is 5.97 Å². The third kappa shape index (κ3) is 2.12. The number of rotatable bonds is 3. The van der Waals surface area contributed by atoms with Gasteiger partial charge in [-0.3, -0.25) is 4.79 Å². The van der Waals surface area contributed by atoms with Crippen LogP contribution in [-0.4, -0.2) is 42.1 Å². The highest BCUT2D eigenvalue weighted by molar-refractivity contribution is 5.84. The Morgan fingerprint density at radius 3 is 2.74 bits per heavy atom. The summed E-state index contributed by atoms with van der Waals surface area (Å²) in [5.41, 5.74) is -0.0912. The van der Waals surface area contributed by atoms with Crippen LogP contribution in [-0.2, 0) is 28.5 Å². The van der Waals surface area contributed by atoms with Crippen LogP contribution in [0.2, 0.25) is 0 Å². The molecule has 0 bridgehead atoms. The van der Waals surface area contributed by atoms with Crippen LogP contribution in [0.15, 0.2) is 12.2 Å². The minimum absolute atomic E-state index is 0.0365. The fourth-order valence-corrected chi connectivity index (χ4v) is 9.63. The lowest BCUT2D eigenvalue weighted by atomic mass is 9.43. The van der Waals surface area contributed by atoms with Gasteiger partial charge in [0.1, 0.15) is 11.7 Å². The van der Waals surface area contributed by atoms with Gasteiger partial charge in [0.05, 0.1) is 6.10 Å². The molecule has 0 aromatic heterocycles. The Balaban J connectivity index is 1.19. The number of carbonyl (C=O) groups excluding carboxylic acids is 2. The summed E-state index contributed by atoms with van der Waals surface area (Å²) in [5, 5.41) is 0. The van der Waals surface area contributed by atoms with E-state index < -0.39 is 11.9 Å². The van der Waals surface area contributed by atoms with Crippen LogP contribution < -0.4 is 0 Å². The highest BCUT2D eigenvalue weighted by atomic mass is 16.8. The third-order valence-corrected chi connectivity index (χ3v) is 11.2. The summed E-state index contributed by atoms with van der Waals surface area (Å²) in [6, 6.07) is 0. The number of ether oxygens (including phenoxy) is 4. The van der Waals surface area contributed by atoms with Gasteiger partial charge in [-0.15, -0.1) is 0 Å². The molecule has 1 spiro atoms. The lowest BCUT2D eigenvalue weighted by Crippen LogP contribution is -2.59. The molecular formula is C25H32O6. The summed E-state index contributed by atoms with van der Waals surface area (Å²) in [7, 11) is 0. The van der Waals surface area contributed by atoms with E-state index in [1.165, 1.54) is 19.3 Å². The van der Waals surface area contributed by atoms with E-state index >= 15 is 0 Å². The molecule has 4 aliphatic carbocycles. The molecule has 2 saturated heterocycles. The SMILES string of the molecule is C[C@]12CCC(OC=O)C[C@H]1CC[C@@H]1[C@@H]2CC[C@]2(C)[C@@H]([C@@]34C=CC(=O)O[C@@H]3O4)C[C@H]3O[C@]132. The molecule has 168 valence electrons. The second-order valence-electron chi connectivity index (χ2n) is 11.8. The van der Waals surface area contributed by atoms with Crippen LogP contribution in [0.3, 0.4) is 0 Å². The van der Waals surface area contributed by atoms with Crippen LogP contribution in [0.25, 0.3) is 0 Å². The molecule has 0 N–H and O–H groups in total. The Kier molecular flexibility index (Phi) is 3.54. The summed E-state index contributed by atoms with van der Waals surface area (Å²) < 4.78 is 23.5. The van der Waals surface area contributed by atoms with Crippen molar-refractivity contribution in [3.8, 4) is 0 Å². The fraction of sp³-hybridized carbons (Fsp3) is 0.840. The maximum atomic E-state index is 11.7. The van der Waals surface area contributed by atoms with Crippen molar-refractivity contribution in [3.05, 3.63) is 12.2 Å². The van der Waals surface area contributed by atoms with E-state index in [0.717, 1.165) is 32.1 Å². The molecule has 1 unspecified atom stereocenters. The summed E-state index contributed by atoms with van der Waals surface area (Å²) in [6.07, 6.45) is 12.5. The van der Waals surface area contributed by atoms with Gasteiger partial charge in [0.15, 0.2) is 5.60 Å². The Hall–Kier alpha value is -1.40. The topological polar surface area (TPSA) is 77.7 Å². The zero-order chi connectivity index (χ0) is 21.2. The Labute approximate surface area is 183 Å². The maximum absolute atomic E-state index is 11.7. The molecule has 7 rings (SSSR count). The minimum Gasteiger partial charge on any atom is -0.465 e. The summed E-state index contributed by atoms with van der Waals surface area (Å²) in [6.45, 7) is 5.58. The normalized spacial score (nSPS) is 60.5. The number of hydrogen-bond acceptors (Lipinski definition) is 6. The van der Waals surface area contributed by atoms with Crippen molar-refractivity contribution in [1.29, 1.82) is 0 Å². The highest BCUT2D eigenvalue weighted by Gasteiger charge is 2.85. The molecule has 11 atom stereocenters. The smallest absolute Gasteiger partial charge is 0.332 e. The van der Waals surface area contributed by atoms with Gasteiger partial charge in [-0.25, -0.2) is 4.79 Å². The molecule has 0 aromatic carbocycles. The van der Waals surface area contributed by atoms with Crippen molar-refractivity contribution in [1.82, 2.24) is 0 Å². The molecule has 0 amide bonds. The lowest BCUT2D eigenvalue weighted by molar-refractivity contribution is -0.160. The molecule has 6 nitrogen and oxygen atoms in total. The van der Waals surface area contributed by atoms with E-state index in [4.69, 9.17) is 18.9 Å². The minimum atomic E-state index is -0.426. The van der Waals surface area contributed by atoms with Crippen molar-refractivity contribution in [3.63, 3.8) is 0 Å². The van der Waals surface area contributed by atoms with Gasteiger partial charge in [0.25, 0.3) is 6.47 Å². The van der Waals surface area contributed by atoms with Gasteiger partial charge < -0.3 is 18.9 Å². The van der Waals surface area contributed by atoms with Crippen molar-refractivity contribution in [2.24, 2.45) is 34.5 Å². The second kappa shape index (κ2) is 5.74. The van der Waals surface area contributed by atoms with Crippen molar-refractivity contribution >= 4 is 12.4 Å². The molecule has 3 heterocycles. The number of hydrogen-bond donors (Lipinski definition) is 0. The van der Waals surface area contributed by atoms with E-state index in [1.54, 1.807) is 6.08 Å². The Morgan fingerprint density at radius 1 is 1.06 bits per heavy atom. The number of esters is 1. The molecule has 0 aromatic rings. The monoisotopic (exact) mass is 428 g/mol. The van der Waals surface area contributed by atoms with Crippen LogP contribution in [0, 0.1) is 34.5 Å². The first-order valence-corrected chi connectivity index (χ1v) is 12.2. The first kappa shape index (κ1) is 19.1. The van der Waals surface area contributed by atoms with E-state index in [-0.39, 0.29) is 23.1 Å². The first-order chi connectivity index (χ1) is 14.9. The molecule has 4 saturated carbocycles. The zero-order valence-electron chi connectivity index (χ0n) is 18.4. The van der Waals surface area contributed by atoms with Gasteiger partial charge in [0, 0.05) is 17.4 Å². The van der Waals surface area contributed by atoms with Crippen LogP contribution in [0.5, 0.6) is 0 Å². The summed E-state index contributed by atoms with van der Waals surface area (Å²) in [5.74, 6) is 1.96. The van der Waals surface area contributed by atoms with E-state index in [0.29, 0.717) is 41.7 Å². The van der Waals surface area contributed by atoms with Gasteiger partial charge in [-0.05, 0) is 80.6 Å². The Bertz CT molecular complexity index is 885. The first-order valence-electron chi connectivity index (χ1n) is 12.2. The number of carbonyl (C=O) groups is 2. The molecule has 6 fully saturated rings. The second-order valence-corrected chi connectivity index (χ2v) is 11.8. The van der Waals surface area contributed by atoms with Gasteiger partial charge in [-0.2, -0.15) is 0 Å². The predicted octanol–water partition coefficient (Wildman–Crippen LogP) is 3.53. The van der Waals surface area contributed by atoms with Crippen molar-refractivity contribution < 1.29 is 28.5 Å². The molecule has 0 radical (unpaired) electrons. The van der Waals surface area contributed by atoms with E-state index in [2.05, 4.69) is 13.8 Å². The van der Waals surface area contributed by atoms with E-state index in [1.807, 2.05) is 6.08 Å². The van der Waals surface area contributed by atoms with E-state index in [9.17, 15) is 9.59 Å². The largest absolute Gasteiger partial charge is 0.465 e. The fourth-order valence-electron chi connectivity index (χ4n) is 9.63. The summed E-state index contributed by atoms with van der Waals surface area (Å²) in [4.78, 5) is 22.5. The molecule has 7 aliphatic rings. The number of epoxide rings is 2. The Morgan fingerprint density at radius 2 is 1.94 bits per heavy atom. The highest BCUT2D eigenvalue weighted by Crippen LogP contribution is 2.79. The van der Waals surface area contributed by atoms with Gasteiger partial charge in [-0.1, -0.05) is 13.8 Å². The average molecular weight is 429 g/mol.